The molecule has 1 nitrogen and oxygen atoms in total. The highest BCUT2D eigenvalue weighted by molar-refractivity contribution is 5.25. The van der Waals surface area contributed by atoms with Crippen LogP contribution in [0.25, 0.3) is 0 Å². The van der Waals surface area contributed by atoms with E-state index >= 15 is 8.78 Å². The van der Waals surface area contributed by atoms with Gasteiger partial charge in [0.1, 0.15) is 0 Å². The molecular weight excluding hydrogens is 644 g/mol. The van der Waals surface area contributed by atoms with E-state index in [-0.39, 0.29) is 23.0 Å². The minimum atomic E-state index is -0.881. The van der Waals surface area contributed by atoms with Crippen LogP contribution in [0, 0.1) is 70.6 Å². The maximum absolute atomic E-state index is 15.7. The van der Waals surface area contributed by atoms with Crippen molar-refractivity contribution in [2.45, 2.75) is 167 Å². The van der Waals surface area contributed by atoms with Gasteiger partial charge in [-0.15, -0.1) is 0 Å². The molecule has 0 saturated heterocycles. The van der Waals surface area contributed by atoms with Crippen LogP contribution in [0.15, 0.2) is 36.4 Å². The number of unbranched alkanes of at least 4 members (excludes halogenated alkanes) is 2. The van der Waals surface area contributed by atoms with Crippen molar-refractivity contribution in [3.63, 3.8) is 0 Å². The number of halogens is 4. The van der Waals surface area contributed by atoms with Crippen molar-refractivity contribution in [2.75, 3.05) is 0 Å². The Morgan fingerprint density at radius 2 is 0.824 bits per heavy atom. The van der Waals surface area contributed by atoms with E-state index in [0.29, 0.717) is 11.8 Å². The monoisotopic (exact) mass is 711 g/mol. The van der Waals surface area contributed by atoms with E-state index < -0.39 is 35.5 Å². The fourth-order valence-electron chi connectivity index (χ4n) is 11.2. The molecule has 284 valence electrons. The van der Waals surface area contributed by atoms with Crippen LogP contribution in [0.4, 0.5) is 17.6 Å². The average molecular weight is 711 g/mol. The van der Waals surface area contributed by atoms with Gasteiger partial charge in [0.2, 0.25) is 0 Å². The molecule has 0 aliphatic heterocycles. The topological polar surface area (TPSA) is 9.23 Å². The number of hydrogen-bond acceptors (Lipinski definition) is 1. The van der Waals surface area contributed by atoms with Gasteiger partial charge < -0.3 is 4.74 Å². The molecule has 2 aromatic rings. The maximum Gasteiger partial charge on any atom is 0.164 e. The van der Waals surface area contributed by atoms with Gasteiger partial charge in [0.25, 0.3) is 0 Å². The minimum Gasteiger partial charge on any atom is -0.365 e. The van der Waals surface area contributed by atoms with Crippen LogP contribution in [0.2, 0.25) is 0 Å². The Balaban J connectivity index is 1.17. The molecule has 0 amide bonds. The Labute approximate surface area is 307 Å². The molecule has 0 spiro atoms. The minimum absolute atomic E-state index is 0.00297. The number of benzene rings is 2. The first kappa shape index (κ1) is 38.8. The second kappa shape index (κ2) is 18.9. The van der Waals surface area contributed by atoms with E-state index in [2.05, 4.69) is 13.8 Å². The van der Waals surface area contributed by atoms with E-state index in [1.807, 2.05) is 0 Å². The number of hydrogen-bond donors (Lipinski definition) is 0. The van der Waals surface area contributed by atoms with E-state index in [1.165, 1.54) is 89.9 Å². The first-order valence-corrected chi connectivity index (χ1v) is 21.4. The van der Waals surface area contributed by atoms with Crippen LogP contribution in [-0.4, -0.2) is 0 Å². The van der Waals surface area contributed by atoms with Crippen molar-refractivity contribution < 1.29 is 22.3 Å². The molecule has 5 heteroatoms. The zero-order valence-electron chi connectivity index (χ0n) is 31.7. The predicted octanol–water partition coefficient (Wildman–Crippen LogP) is 14.6. The highest BCUT2D eigenvalue weighted by Gasteiger charge is 2.40. The van der Waals surface area contributed by atoms with Gasteiger partial charge in [0.05, 0.1) is 12.2 Å². The van der Waals surface area contributed by atoms with Gasteiger partial charge in [-0.2, -0.15) is 0 Å². The lowest BCUT2D eigenvalue weighted by Crippen LogP contribution is -2.32. The number of ether oxygens (including phenoxy) is 1. The molecule has 6 rings (SSSR count). The first-order chi connectivity index (χ1) is 24.9. The molecule has 2 atom stereocenters. The van der Waals surface area contributed by atoms with Gasteiger partial charge >= 0.3 is 0 Å². The average Bonchev–Trinajstić information content (AvgIpc) is 3.17. The van der Waals surface area contributed by atoms with Gasteiger partial charge in [-0.25, -0.2) is 17.6 Å². The smallest absolute Gasteiger partial charge is 0.164 e. The van der Waals surface area contributed by atoms with Crippen molar-refractivity contribution in [1.82, 2.24) is 0 Å². The maximum atomic E-state index is 15.7. The fourth-order valence-corrected chi connectivity index (χ4v) is 11.2. The summed E-state index contributed by atoms with van der Waals surface area (Å²) < 4.78 is 68.1. The molecule has 2 aromatic carbocycles. The van der Waals surface area contributed by atoms with Crippen LogP contribution in [0.5, 0.6) is 0 Å². The van der Waals surface area contributed by atoms with Crippen LogP contribution >= 0.6 is 0 Å². The molecular formula is C46H66F4O. The molecule has 4 saturated carbocycles. The first-order valence-electron chi connectivity index (χ1n) is 21.4. The zero-order chi connectivity index (χ0) is 35.7. The summed E-state index contributed by atoms with van der Waals surface area (Å²) in [7, 11) is 0. The van der Waals surface area contributed by atoms with E-state index in [9.17, 15) is 8.78 Å². The van der Waals surface area contributed by atoms with Gasteiger partial charge in [-0.1, -0.05) is 102 Å². The standard InChI is InChI=1S/C46H66F4O/c1-3-5-9-31-15-19-33(20-16-31)35-23-27-37(28-24-35)45(39-11-7-13-41(47)43(39)49)51-46(40-12-8-14-42(48)44(40)50)38-29-25-36(26-30-38)34-21-17-32(18-22-34)10-6-4-2/h7-8,11-14,31-38,45-46H,3-6,9-10,15-30H2,1-2H3/t31-,32-,33-,34-,35-,36-,37-,38-,45?,46?. The summed E-state index contributed by atoms with van der Waals surface area (Å²) in [4.78, 5) is 0. The lowest BCUT2D eigenvalue weighted by molar-refractivity contribution is -0.0962. The Morgan fingerprint density at radius 1 is 0.490 bits per heavy atom. The molecule has 2 unspecified atom stereocenters. The molecule has 51 heavy (non-hydrogen) atoms. The summed E-state index contributed by atoms with van der Waals surface area (Å²) in [6, 6.07) is 8.75. The van der Waals surface area contributed by atoms with Crippen LogP contribution in [0.1, 0.15) is 178 Å². The fraction of sp³-hybridized carbons (Fsp3) is 0.739. The van der Waals surface area contributed by atoms with Crippen molar-refractivity contribution in [1.29, 1.82) is 0 Å². The lowest BCUT2D eigenvalue weighted by Gasteiger charge is -2.43. The van der Waals surface area contributed by atoms with Crippen molar-refractivity contribution in [3.8, 4) is 0 Å². The van der Waals surface area contributed by atoms with Crippen molar-refractivity contribution >= 4 is 0 Å². The predicted molar refractivity (Wildman–Crippen MR) is 200 cm³/mol. The highest BCUT2D eigenvalue weighted by Crippen LogP contribution is 2.51. The van der Waals surface area contributed by atoms with Gasteiger partial charge in [0.15, 0.2) is 23.3 Å². The third kappa shape index (κ3) is 9.81. The van der Waals surface area contributed by atoms with E-state index in [1.54, 1.807) is 24.3 Å². The molecule has 0 radical (unpaired) electrons. The Kier molecular flexibility index (Phi) is 14.4. The molecule has 0 N–H and O–H groups in total. The molecule has 4 aliphatic rings. The second-order valence-electron chi connectivity index (χ2n) is 17.5. The van der Waals surface area contributed by atoms with Crippen LogP contribution in [0.3, 0.4) is 0 Å². The summed E-state index contributed by atoms with van der Waals surface area (Å²) in [6.07, 6.45) is 24.9. The quantitative estimate of drug-likeness (QED) is 0.177. The zero-order valence-corrected chi connectivity index (χ0v) is 31.7. The van der Waals surface area contributed by atoms with Crippen LogP contribution in [-0.2, 0) is 4.74 Å². The van der Waals surface area contributed by atoms with Gasteiger partial charge in [-0.3, -0.25) is 0 Å². The second-order valence-corrected chi connectivity index (χ2v) is 17.5. The largest absolute Gasteiger partial charge is 0.365 e. The molecule has 4 fully saturated rings. The SMILES string of the molecule is CCCC[C@H]1CC[C@H]([C@H]2CC[C@H](C(OC(c3cccc(F)c3F)[C@H]3CC[C@H]([C@H]4CC[C@H](CCCC)CC4)CC3)c3cccc(F)c3F)CC2)CC1. The third-order valence-electron chi connectivity index (χ3n) is 14.4. The summed E-state index contributed by atoms with van der Waals surface area (Å²) >= 11 is 0. The van der Waals surface area contributed by atoms with Crippen LogP contribution < -0.4 is 0 Å². The van der Waals surface area contributed by atoms with E-state index in [0.717, 1.165) is 87.2 Å². The Hall–Kier alpha value is -1.88. The summed E-state index contributed by atoms with van der Waals surface area (Å²) in [6.45, 7) is 4.55. The van der Waals surface area contributed by atoms with Crippen molar-refractivity contribution in [3.05, 3.63) is 70.8 Å². The van der Waals surface area contributed by atoms with Crippen molar-refractivity contribution in [2.24, 2.45) is 47.3 Å². The highest BCUT2D eigenvalue weighted by atomic mass is 19.2. The summed E-state index contributed by atoms with van der Waals surface area (Å²) in [5.74, 6) is 1.10. The summed E-state index contributed by atoms with van der Waals surface area (Å²) in [5.41, 5.74) is 0.454. The summed E-state index contributed by atoms with van der Waals surface area (Å²) in [5, 5.41) is 0. The normalized spacial score (nSPS) is 31.6. The molecule has 0 aromatic heterocycles. The number of rotatable bonds is 14. The third-order valence-corrected chi connectivity index (χ3v) is 14.4. The van der Waals surface area contributed by atoms with Gasteiger partial charge in [-0.05, 0) is 137 Å². The Bertz CT molecular complexity index is 1230. The van der Waals surface area contributed by atoms with Gasteiger partial charge in [0, 0.05) is 11.1 Å². The molecule has 0 bridgehead atoms. The Morgan fingerprint density at radius 3 is 1.16 bits per heavy atom. The lowest BCUT2D eigenvalue weighted by atomic mass is 9.67. The molecule has 0 heterocycles. The molecule has 4 aliphatic carbocycles. The van der Waals surface area contributed by atoms with E-state index in [4.69, 9.17) is 4.74 Å².